The molecule has 1 N–H and O–H groups in total. The van der Waals surface area contributed by atoms with Crippen LogP contribution in [-0.4, -0.2) is 29.9 Å². The number of benzene rings is 1. The van der Waals surface area contributed by atoms with E-state index in [1.807, 2.05) is 12.1 Å². The van der Waals surface area contributed by atoms with Crippen molar-refractivity contribution in [1.82, 2.24) is 5.32 Å². The number of rotatable bonds is 3. The van der Waals surface area contributed by atoms with E-state index in [1.165, 1.54) is 4.90 Å². The highest BCUT2D eigenvalue weighted by Gasteiger charge is 2.28. The number of anilines is 1. The van der Waals surface area contributed by atoms with Crippen molar-refractivity contribution in [2.24, 2.45) is 0 Å². The van der Waals surface area contributed by atoms with Crippen LogP contribution in [0.5, 0.6) is 0 Å². The second-order valence-electron chi connectivity index (χ2n) is 6.22. The summed E-state index contributed by atoms with van der Waals surface area (Å²) in [6.07, 6.45) is -0.501. The minimum atomic E-state index is -0.531. The molecule has 0 bridgehead atoms. The van der Waals surface area contributed by atoms with Gasteiger partial charge in [0.25, 0.3) is 0 Å². The van der Waals surface area contributed by atoms with Crippen molar-refractivity contribution < 1.29 is 19.1 Å². The maximum Gasteiger partial charge on any atom is 0.407 e. The molecule has 2 amide bonds. The van der Waals surface area contributed by atoms with Gasteiger partial charge in [-0.15, -0.1) is 0 Å². The topological polar surface area (TPSA) is 75.7 Å². The Hall–Kier alpha value is -2.37. The normalized spacial score (nSPS) is 15.1. The van der Waals surface area contributed by atoms with Gasteiger partial charge in [-0.05, 0) is 38.5 Å². The van der Waals surface area contributed by atoms with E-state index in [9.17, 15) is 14.4 Å². The summed E-state index contributed by atoms with van der Waals surface area (Å²) >= 11 is 0. The molecular weight excluding hydrogens is 284 g/mol. The molecule has 0 saturated carbocycles. The Kier molecular flexibility index (Phi) is 4.49. The summed E-state index contributed by atoms with van der Waals surface area (Å²) in [5, 5.41) is 2.66. The van der Waals surface area contributed by atoms with Crippen molar-refractivity contribution in [3.63, 3.8) is 0 Å². The third-order valence-electron chi connectivity index (χ3n) is 3.07. The monoisotopic (exact) mass is 304 g/mol. The lowest BCUT2D eigenvalue weighted by Crippen LogP contribution is -2.32. The fraction of sp³-hybridized carbons (Fsp3) is 0.438. The Balaban J connectivity index is 1.91. The van der Waals surface area contributed by atoms with E-state index in [2.05, 4.69) is 5.32 Å². The molecule has 1 aliphatic rings. The third kappa shape index (κ3) is 4.31. The Morgan fingerprint density at radius 1 is 1.23 bits per heavy atom. The first-order chi connectivity index (χ1) is 10.2. The summed E-state index contributed by atoms with van der Waals surface area (Å²) in [4.78, 5) is 36.0. The van der Waals surface area contributed by atoms with Gasteiger partial charge in [-0.1, -0.05) is 12.1 Å². The second kappa shape index (κ2) is 6.17. The molecule has 118 valence electrons. The number of alkyl carbamates (subject to hydrolysis) is 1. The first kappa shape index (κ1) is 16.0. The average Bonchev–Trinajstić information content (AvgIpc) is 2.74. The van der Waals surface area contributed by atoms with Crippen LogP contribution in [0.3, 0.4) is 0 Å². The minimum absolute atomic E-state index is 0.0258. The molecule has 1 fully saturated rings. The van der Waals surface area contributed by atoms with Crippen LogP contribution in [0.2, 0.25) is 0 Å². The van der Waals surface area contributed by atoms with Gasteiger partial charge in [-0.2, -0.15) is 0 Å². The molecule has 2 rings (SSSR count). The van der Waals surface area contributed by atoms with Crippen LogP contribution in [0.1, 0.15) is 32.8 Å². The Bertz CT molecular complexity index is 587. The van der Waals surface area contributed by atoms with E-state index in [0.29, 0.717) is 12.2 Å². The molecule has 0 aromatic heterocycles. The van der Waals surface area contributed by atoms with Crippen LogP contribution in [0.25, 0.3) is 0 Å². The molecule has 1 heterocycles. The zero-order valence-corrected chi connectivity index (χ0v) is 13.0. The van der Waals surface area contributed by atoms with E-state index in [1.54, 1.807) is 32.9 Å². The van der Waals surface area contributed by atoms with E-state index >= 15 is 0 Å². The fourth-order valence-corrected chi connectivity index (χ4v) is 2.10. The predicted molar refractivity (Wildman–Crippen MR) is 81.5 cm³/mol. The summed E-state index contributed by atoms with van der Waals surface area (Å²) in [5.41, 5.74) is 1.04. The molecule has 6 heteroatoms. The number of hydrogen-bond donors (Lipinski definition) is 1. The molecule has 0 radical (unpaired) electrons. The van der Waals surface area contributed by atoms with E-state index in [-0.39, 0.29) is 24.7 Å². The molecule has 22 heavy (non-hydrogen) atoms. The fourth-order valence-electron chi connectivity index (χ4n) is 2.10. The van der Waals surface area contributed by atoms with Crippen LogP contribution in [0.15, 0.2) is 24.3 Å². The Morgan fingerprint density at radius 2 is 1.86 bits per heavy atom. The lowest BCUT2D eigenvalue weighted by molar-refractivity contribution is -0.121. The molecule has 0 unspecified atom stereocenters. The Labute approximate surface area is 129 Å². The van der Waals surface area contributed by atoms with E-state index in [4.69, 9.17) is 4.74 Å². The van der Waals surface area contributed by atoms with Crippen molar-refractivity contribution in [2.75, 3.05) is 11.4 Å². The van der Waals surface area contributed by atoms with Crippen molar-refractivity contribution in [3.05, 3.63) is 29.8 Å². The van der Waals surface area contributed by atoms with Gasteiger partial charge < -0.3 is 15.0 Å². The molecule has 1 aromatic rings. The van der Waals surface area contributed by atoms with E-state index < -0.39 is 11.7 Å². The van der Waals surface area contributed by atoms with Crippen LogP contribution in [0.4, 0.5) is 10.5 Å². The lowest BCUT2D eigenvalue weighted by Gasteiger charge is -2.20. The van der Waals surface area contributed by atoms with Gasteiger partial charge in [0.05, 0.1) is 13.0 Å². The number of Topliss-reactive ketones (excluding diaryl/α,β-unsaturated/α-hetero) is 1. The number of ether oxygens (including phenoxy) is 1. The molecule has 0 atom stereocenters. The molecule has 6 nitrogen and oxygen atoms in total. The number of hydrogen-bond acceptors (Lipinski definition) is 4. The molecule has 1 aromatic carbocycles. The lowest BCUT2D eigenvalue weighted by atomic mass is 10.2. The number of carbonyl (C=O) groups is 3. The number of ketones is 1. The van der Waals surface area contributed by atoms with Crippen molar-refractivity contribution in [2.45, 2.75) is 39.3 Å². The highest BCUT2D eigenvalue weighted by molar-refractivity contribution is 6.15. The quantitative estimate of drug-likeness (QED) is 0.867. The number of nitrogens with one attached hydrogen (secondary N) is 1. The number of nitrogens with zero attached hydrogens (tertiary/aromatic N) is 1. The molecule has 1 aliphatic heterocycles. The standard InChI is InChI=1S/C16H20N2O4/c1-16(2,3)22-15(21)17-9-11-4-6-12(7-5-11)18-10-13(19)8-14(18)20/h4-7H,8-10H2,1-3H3,(H,17,21). The Morgan fingerprint density at radius 3 is 2.36 bits per heavy atom. The second-order valence-corrected chi connectivity index (χ2v) is 6.22. The summed E-state index contributed by atoms with van der Waals surface area (Å²) in [5.74, 6) is -0.245. The third-order valence-corrected chi connectivity index (χ3v) is 3.07. The highest BCUT2D eigenvalue weighted by Crippen LogP contribution is 2.20. The van der Waals surface area contributed by atoms with Gasteiger partial charge in [-0.3, -0.25) is 9.59 Å². The van der Waals surface area contributed by atoms with Gasteiger partial charge >= 0.3 is 6.09 Å². The van der Waals surface area contributed by atoms with Crippen LogP contribution >= 0.6 is 0 Å². The SMILES string of the molecule is CC(C)(C)OC(=O)NCc1ccc(N2CC(=O)CC2=O)cc1. The highest BCUT2D eigenvalue weighted by atomic mass is 16.6. The van der Waals surface area contributed by atoms with E-state index in [0.717, 1.165) is 5.56 Å². The van der Waals surface area contributed by atoms with Gasteiger partial charge in [0.15, 0.2) is 5.78 Å². The van der Waals surface area contributed by atoms with Crippen LogP contribution < -0.4 is 10.2 Å². The smallest absolute Gasteiger partial charge is 0.407 e. The van der Waals surface area contributed by atoms with Gasteiger partial charge in [0.1, 0.15) is 5.60 Å². The van der Waals surface area contributed by atoms with Gasteiger partial charge in [0.2, 0.25) is 5.91 Å². The van der Waals surface area contributed by atoms with Gasteiger partial charge in [-0.25, -0.2) is 4.79 Å². The van der Waals surface area contributed by atoms with Crippen LogP contribution in [0, 0.1) is 0 Å². The van der Waals surface area contributed by atoms with Gasteiger partial charge in [0, 0.05) is 12.2 Å². The zero-order chi connectivity index (χ0) is 16.3. The minimum Gasteiger partial charge on any atom is -0.444 e. The summed E-state index contributed by atoms with van der Waals surface area (Å²) in [7, 11) is 0. The largest absolute Gasteiger partial charge is 0.444 e. The summed E-state index contributed by atoms with van der Waals surface area (Å²) in [6, 6.07) is 7.15. The predicted octanol–water partition coefficient (Wildman–Crippen LogP) is 2.02. The molecule has 1 saturated heterocycles. The molecular formula is C16H20N2O4. The average molecular weight is 304 g/mol. The molecule has 0 aliphatic carbocycles. The maximum absolute atomic E-state index is 11.6. The zero-order valence-electron chi connectivity index (χ0n) is 13.0. The van der Waals surface area contributed by atoms with Crippen molar-refractivity contribution in [3.8, 4) is 0 Å². The summed E-state index contributed by atoms with van der Waals surface area (Å²) in [6.45, 7) is 5.87. The summed E-state index contributed by atoms with van der Waals surface area (Å²) < 4.78 is 5.15. The number of carbonyl (C=O) groups excluding carboxylic acids is 3. The first-order valence-electron chi connectivity index (χ1n) is 7.12. The maximum atomic E-state index is 11.6. The first-order valence-corrected chi connectivity index (χ1v) is 7.12. The molecule has 0 spiro atoms. The van der Waals surface area contributed by atoms with Crippen LogP contribution in [-0.2, 0) is 20.9 Å². The van der Waals surface area contributed by atoms with Crippen molar-refractivity contribution >= 4 is 23.5 Å². The van der Waals surface area contributed by atoms with Crippen molar-refractivity contribution in [1.29, 1.82) is 0 Å². The number of amides is 2.